The fourth-order valence-electron chi connectivity index (χ4n) is 5.97. The van der Waals surface area contributed by atoms with Gasteiger partial charge in [-0.2, -0.15) is 0 Å². The predicted octanol–water partition coefficient (Wildman–Crippen LogP) is 10.5. The largest absolute Gasteiger partial charge is 0.544 e. The van der Waals surface area contributed by atoms with Gasteiger partial charge in [-0.15, -0.1) is 0 Å². The lowest BCUT2D eigenvalue weighted by molar-refractivity contribution is -0.889. The number of hydrogen-bond acceptors (Lipinski definition) is 7. The molecule has 55 heavy (non-hydrogen) atoms. The van der Waals surface area contributed by atoms with Crippen LogP contribution in [0, 0.1) is 0 Å². The molecule has 0 rings (SSSR count). The Labute approximate surface area is 337 Å². The van der Waals surface area contributed by atoms with Crippen molar-refractivity contribution in [1.82, 2.24) is 0 Å². The van der Waals surface area contributed by atoms with Gasteiger partial charge in [0, 0.05) is 19.3 Å². The highest BCUT2D eigenvalue weighted by atomic mass is 16.6. The van der Waals surface area contributed by atoms with E-state index in [4.69, 9.17) is 14.2 Å². The number of nitrogens with zero attached hydrogens (tertiary/aromatic N) is 1. The maximum Gasteiger partial charge on any atom is 0.306 e. The lowest BCUT2D eigenvalue weighted by Gasteiger charge is -2.34. The van der Waals surface area contributed by atoms with E-state index in [2.05, 4.69) is 74.6 Å². The highest BCUT2D eigenvalue weighted by Crippen LogP contribution is 2.13. The second-order valence-corrected chi connectivity index (χ2v) is 15.6. The van der Waals surface area contributed by atoms with Crippen molar-refractivity contribution in [2.45, 2.75) is 180 Å². The number of carbonyl (C=O) groups is 3. The maximum atomic E-state index is 12.6. The van der Waals surface area contributed by atoms with Gasteiger partial charge in [0.15, 0.2) is 6.10 Å². The molecule has 2 atom stereocenters. The van der Waals surface area contributed by atoms with E-state index in [9.17, 15) is 19.5 Å². The summed E-state index contributed by atoms with van der Waals surface area (Å²) in [6, 6.07) is -0.732. The van der Waals surface area contributed by atoms with Gasteiger partial charge in [0.1, 0.15) is 12.6 Å². The second kappa shape index (κ2) is 37.9. The van der Waals surface area contributed by atoms with Crippen LogP contribution in [-0.2, 0) is 28.6 Å². The van der Waals surface area contributed by atoms with Crippen molar-refractivity contribution in [3.63, 3.8) is 0 Å². The number of aliphatic carboxylic acids is 1. The van der Waals surface area contributed by atoms with Gasteiger partial charge >= 0.3 is 11.9 Å². The summed E-state index contributed by atoms with van der Waals surface area (Å²) in [7, 11) is 5.38. The monoisotopic (exact) mass is 772 g/mol. The molecule has 0 aromatic heterocycles. The standard InChI is InChI=1S/C47H81NO7/c1-6-8-10-12-14-16-18-19-20-21-22-23-24-25-26-27-28-30-31-33-35-37-45(49)54-42-43(41-53-40-39-44(47(51)52)48(3,4)5)55-46(50)38-36-34-32-29-17-15-13-11-9-7-2/h14,16,19-20,22-23,25-26,28,30,43-44H,6-13,15,17-18,21,24,27,29,31-42H2,1-5H3/b16-14+,20-19+,23-22+,26-25+,30-28+. The zero-order chi connectivity index (χ0) is 40.7. The van der Waals surface area contributed by atoms with Gasteiger partial charge < -0.3 is 28.6 Å². The third kappa shape index (κ3) is 36.4. The van der Waals surface area contributed by atoms with Crippen LogP contribution in [0.5, 0.6) is 0 Å². The third-order valence-electron chi connectivity index (χ3n) is 9.41. The van der Waals surface area contributed by atoms with Crippen LogP contribution in [0.3, 0.4) is 0 Å². The summed E-state index contributed by atoms with van der Waals surface area (Å²) in [6.45, 7) is 4.56. The Morgan fingerprint density at radius 1 is 0.545 bits per heavy atom. The Bertz CT molecular complexity index is 1090. The number of allylic oxidation sites excluding steroid dienone is 10. The van der Waals surface area contributed by atoms with E-state index < -0.39 is 18.1 Å². The Balaban J connectivity index is 4.38. The van der Waals surface area contributed by atoms with E-state index >= 15 is 0 Å². The topological polar surface area (TPSA) is 102 Å². The normalized spacial score (nSPS) is 13.5. The number of ether oxygens (including phenoxy) is 3. The average molecular weight is 772 g/mol. The summed E-state index contributed by atoms with van der Waals surface area (Å²) in [6.07, 6.45) is 45.3. The highest BCUT2D eigenvalue weighted by molar-refractivity contribution is 5.70. The first-order valence-electron chi connectivity index (χ1n) is 21.8. The first-order chi connectivity index (χ1) is 26.6. The summed E-state index contributed by atoms with van der Waals surface area (Å²) in [4.78, 5) is 36.7. The van der Waals surface area contributed by atoms with E-state index in [0.29, 0.717) is 19.3 Å². The molecule has 8 heteroatoms. The number of rotatable bonds is 38. The lowest BCUT2D eigenvalue weighted by Crippen LogP contribution is -2.55. The summed E-state index contributed by atoms with van der Waals surface area (Å²) in [5.41, 5.74) is 0. The van der Waals surface area contributed by atoms with Crippen LogP contribution >= 0.6 is 0 Å². The average Bonchev–Trinajstić information content (AvgIpc) is 3.14. The van der Waals surface area contributed by atoms with Crippen LogP contribution < -0.4 is 5.11 Å². The van der Waals surface area contributed by atoms with Crippen LogP contribution in [0.1, 0.15) is 168 Å². The van der Waals surface area contributed by atoms with Crippen LogP contribution in [0.25, 0.3) is 0 Å². The minimum atomic E-state index is -1.13. The number of unbranched alkanes of at least 4 members (excludes halogenated alkanes) is 14. The van der Waals surface area contributed by atoms with Crippen molar-refractivity contribution in [3.05, 3.63) is 60.8 Å². The maximum absolute atomic E-state index is 12.6. The zero-order valence-electron chi connectivity index (χ0n) is 35.8. The fraction of sp³-hybridized carbons (Fsp3) is 0.723. The van der Waals surface area contributed by atoms with Crippen LogP contribution in [0.2, 0.25) is 0 Å². The number of carbonyl (C=O) groups excluding carboxylic acids is 3. The molecular weight excluding hydrogens is 691 g/mol. The molecule has 0 saturated carbocycles. The van der Waals surface area contributed by atoms with Crippen LogP contribution in [0.4, 0.5) is 0 Å². The molecule has 2 unspecified atom stereocenters. The Morgan fingerprint density at radius 3 is 1.45 bits per heavy atom. The Kier molecular flexibility index (Phi) is 35.9. The summed E-state index contributed by atoms with van der Waals surface area (Å²) >= 11 is 0. The van der Waals surface area contributed by atoms with Crippen LogP contribution in [0.15, 0.2) is 60.8 Å². The van der Waals surface area contributed by atoms with Crippen molar-refractivity contribution in [2.75, 3.05) is 41.0 Å². The molecule has 0 bridgehead atoms. The third-order valence-corrected chi connectivity index (χ3v) is 9.41. The number of likely N-dealkylation sites (N-methyl/N-ethyl adjacent to an activating group) is 1. The van der Waals surface area contributed by atoms with Gasteiger partial charge in [0.05, 0.1) is 40.3 Å². The molecule has 8 nitrogen and oxygen atoms in total. The van der Waals surface area contributed by atoms with E-state index in [-0.39, 0.29) is 42.7 Å². The number of hydrogen-bond donors (Lipinski definition) is 0. The van der Waals surface area contributed by atoms with E-state index in [1.54, 1.807) is 21.1 Å². The summed E-state index contributed by atoms with van der Waals surface area (Å²) in [5, 5.41) is 11.6. The number of quaternary nitrogens is 1. The van der Waals surface area contributed by atoms with E-state index in [0.717, 1.165) is 57.8 Å². The fourth-order valence-corrected chi connectivity index (χ4v) is 5.97. The first kappa shape index (κ1) is 52.0. The number of carboxylic acid groups (broad SMARTS) is 1. The predicted molar refractivity (Wildman–Crippen MR) is 226 cm³/mol. The zero-order valence-corrected chi connectivity index (χ0v) is 35.8. The first-order valence-corrected chi connectivity index (χ1v) is 21.8. The smallest absolute Gasteiger partial charge is 0.306 e. The summed E-state index contributed by atoms with van der Waals surface area (Å²) < 4.78 is 17.1. The number of esters is 2. The molecule has 0 saturated heterocycles. The molecule has 316 valence electrons. The van der Waals surface area contributed by atoms with Crippen molar-refractivity contribution >= 4 is 17.9 Å². The van der Waals surface area contributed by atoms with E-state index in [1.165, 1.54) is 70.6 Å². The van der Waals surface area contributed by atoms with Crippen LogP contribution in [-0.4, -0.2) is 75.5 Å². The van der Waals surface area contributed by atoms with Gasteiger partial charge in [0.25, 0.3) is 0 Å². The molecule has 0 fully saturated rings. The van der Waals surface area contributed by atoms with Gasteiger partial charge in [-0.25, -0.2) is 0 Å². The van der Waals surface area contributed by atoms with Gasteiger partial charge in [0.2, 0.25) is 0 Å². The molecule has 0 aliphatic carbocycles. The minimum Gasteiger partial charge on any atom is -0.544 e. The SMILES string of the molecule is CCCCC/C=C/C/C=C/C/C=C/C/C=C/C/C=C/CCCCC(=O)OCC(COCCC(C(=O)[O-])[N+](C)(C)C)OC(=O)CCCCCCCCCCCC. The van der Waals surface area contributed by atoms with E-state index in [1.807, 2.05) is 0 Å². The molecule has 0 N–H and O–H groups in total. The van der Waals surface area contributed by atoms with Gasteiger partial charge in [-0.3, -0.25) is 9.59 Å². The molecule has 0 aromatic carbocycles. The Morgan fingerprint density at radius 2 is 0.964 bits per heavy atom. The lowest BCUT2D eigenvalue weighted by atomic mass is 10.1. The molecule has 0 aliphatic heterocycles. The highest BCUT2D eigenvalue weighted by Gasteiger charge is 2.25. The van der Waals surface area contributed by atoms with Crippen molar-refractivity contribution in [3.8, 4) is 0 Å². The molecule has 0 radical (unpaired) electrons. The molecule has 0 heterocycles. The minimum absolute atomic E-state index is 0.0260. The van der Waals surface area contributed by atoms with Crippen molar-refractivity contribution < 1.29 is 38.2 Å². The second-order valence-electron chi connectivity index (χ2n) is 15.6. The van der Waals surface area contributed by atoms with Gasteiger partial charge in [-0.1, -0.05) is 145 Å². The van der Waals surface area contributed by atoms with Crippen molar-refractivity contribution in [1.29, 1.82) is 0 Å². The van der Waals surface area contributed by atoms with Crippen molar-refractivity contribution in [2.24, 2.45) is 0 Å². The summed E-state index contributed by atoms with van der Waals surface area (Å²) in [5.74, 6) is -1.80. The molecule has 0 amide bonds. The molecule has 0 aromatic rings. The molecule has 0 spiro atoms. The quantitative estimate of drug-likeness (QED) is 0.0266. The molecular formula is C47H81NO7. The molecule has 0 aliphatic rings. The van der Waals surface area contributed by atoms with Gasteiger partial charge in [-0.05, 0) is 64.2 Å². The number of carboxylic acids is 1. The Hall–Kier alpha value is -2.97.